The fourth-order valence-corrected chi connectivity index (χ4v) is 2.69. The maximum Gasteiger partial charge on any atom is 0.224 e. The second-order valence-corrected chi connectivity index (χ2v) is 5.18. The Bertz CT molecular complexity index is 441. The SMILES string of the molecule is O=C1CC(S)CN1C(CCO)c1ccccc1F. The minimum atomic E-state index is -0.402. The maximum atomic E-state index is 13.8. The first-order chi connectivity index (χ1) is 8.63. The second-order valence-electron chi connectivity index (χ2n) is 4.45. The molecule has 2 atom stereocenters. The molecule has 0 aliphatic carbocycles. The van der Waals surface area contributed by atoms with E-state index in [-0.39, 0.29) is 23.6 Å². The molecule has 0 radical (unpaired) electrons. The highest BCUT2D eigenvalue weighted by atomic mass is 32.1. The number of carbonyl (C=O) groups excluding carboxylic acids is 1. The van der Waals surface area contributed by atoms with Crippen LogP contribution in [-0.2, 0) is 4.79 Å². The van der Waals surface area contributed by atoms with Crippen molar-refractivity contribution in [1.29, 1.82) is 0 Å². The van der Waals surface area contributed by atoms with Crippen LogP contribution in [0.15, 0.2) is 24.3 Å². The highest BCUT2D eigenvalue weighted by Gasteiger charge is 2.34. The van der Waals surface area contributed by atoms with E-state index in [0.717, 1.165) is 0 Å². The van der Waals surface area contributed by atoms with Crippen molar-refractivity contribution in [3.05, 3.63) is 35.6 Å². The standard InChI is InChI=1S/C13H16FNO2S/c14-11-4-2-1-3-10(11)12(5-6-16)15-8-9(18)7-13(15)17/h1-4,9,12,16,18H,5-8H2. The predicted molar refractivity (Wildman–Crippen MR) is 69.9 cm³/mol. The fourth-order valence-electron chi connectivity index (χ4n) is 2.36. The predicted octanol–water partition coefficient (Wildman–Crippen LogP) is 1.78. The van der Waals surface area contributed by atoms with Gasteiger partial charge >= 0.3 is 0 Å². The molecule has 0 bridgehead atoms. The lowest BCUT2D eigenvalue weighted by Crippen LogP contribution is -2.31. The minimum Gasteiger partial charge on any atom is -0.396 e. The molecule has 1 amide bonds. The van der Waals surface area contributed by atoms with Crippen molar-refractivity contribution in [2.24, 2.45) is 0 Å². The van der Waals surface area contributed by atoms with Crippen LogP contribution in [0.5, 0.6) is 0 Å². The summed E-state index contributed by atoms with van der Waals surface area (Å²) in [6.07, 6.45) is 0.715. The van der Waals surface area contributed by atoms with Crippen LogP contribution in [-0.4, -0.2) is 34.3 Å². The van der Waals surface area contributed by atoms with E-state index in [1.54, 1.807) is 23.1 Å². The van der Waals surface area contributed by atoms with Gasteiger partial charge in [-0.05, 0) is 12.5 Å². The molecule has 98 valence electrons. The van der Waals surface area contributed by atoms with Crippen LogP contribution in [0.25, 0.3) is 0 Å². The number of nitrogens with zero attached hydrogens (tertiary/aromatic N) is 1. The summed E-state index contributed by atoms with van der Waals surface area (Å²) in [4.78, 5) is 13.5. The Hall–Kier alpha value is -1.07. The summed E-state index contributed by atoms with van der Waals surface area (Å²) in [5.41, 5.74) is 0.460. The first-order valence-electron chi connectivity index (χ1n) is 5.96. The number of rotatable bonds is 4. The van der Waals surface area contributed by atoms with Crippen LogP contribution in [0.1, 0.15) is 24.4 Å². The molecule has 0 aromatic heterocycles. The molecule has 3 nitrogen and oxygen atoms in total. The van der Waals surface area contributed by atoms with Crippen molar-refractivity contribution in [3.8, 4) is 0 Å². The Labute approximate surface area is 111 Å². The number of halogens is 1. The van der Waals surface area contributed by atoms with Crippen molar-refractivity contribution in [2.75, 3.05) is 13.2 Å². The fraction of sp³-hybridized carbons (Fsp3) is 0.462. The van der Waals surface area contributed by atoms with Gasteiger partial charge in [-0.15, -0.1) is 0 Å². The smallest absolute Gasteiger partial charge is 0.224 e. The van der Waals surface area contributed by atoms with Crippen LogP contribution >= 0.6 is 12.6 Å². The molecule has 1 N–H and O–H groups in total. The van der Waals surface area contributed by atoms with Crippen molar-refractivity contribution in [2.45, 2.75) is 24.1 Å². The first kappa shape index (κ1) is 13.4. The molecule has 2 rings (SSSR count). The van der Waals surface area contributed by atoms with Crippen LogP contribution in [0.2, 0.25) is 0 Å². The summed E-state index contributed by atoms with van der Waals surface area (Å²) in [5, 5.41) is 9.11. The highest BCUT2D eigenvalue weighted by Crippen LogP contribution is 2.31. The van der Waals surface area contributed by atoms with Crippen LogP contribution in [0.3, 0.4) is 0 Å². The number of carbonyl (C=O) groups is 1. The van der Waals surface area contributed by atoms with Gasteiger partial charge in [0.05, 0.1) is 6.04 Å². The topological polar surface area (TPSA) is 40.5 Å². The van der Waals surface area contributed by atoms with E-state index in [9.17, 15) is 9.18 Å². The van der Waals surface area contributed by atoms with Crippen LogP contribution in [0, 0.1) is 5.82 Å². The Balaban J connectivity index is 2.29. The van der Waals surface area contributed by atoms with Crippen LogP contribution < -0.4 is 0 Å². The number of benzene rings is 1. The Morgan fingerprint density at radius 3 is 2.78 bits per heavy atom. The zero-order chi connectivity index (χ0) is 13.1. The largest absolute Gasteiger partial charge is 0.396 e. The molecule has 18 heavy (non-hydrogen) atoms. The molecular formula is C13H16FNO2S. The molecule has 1 aliphatic heterocycles. The summed E-state index contributed by atoms with van der Waals surface area (Å²) in [5.74, 6) is -0.372. The number of aliphatic hydroxyl groups is 1. The molecule has 2 unspecified atom stereocenters. The van der Waals surface area contributed by atoms with E-state index in [0.29, 0.717) is 24.9 Å². The average Bonchev–Trinajstić information content (AvgIpc) is 2.66. The molecule has 1 fully saturated rings. The van der Waals surface area contributed by atoms with Gasteiger partial charge in [0.15, 0.2) is 0 Å². The Kier molecular flexibility index (Phi) is 4.24. The third-order valence-electron chi connectivity index (χ3n) is 3.18. The van der Waals surface area contributed by atoms with Gasteiger partial charge in [-0.3, -0.25) is 4.79 Å². The number of amides is 1. The normalized spacial score (nSPS) is 21.4. The van der Waals surface area contributed by atoms with E-state index >= 15 is 0 Å². The highest BCUT2D eigenvalue weighted by molar-refractivity contribution is 7.81. The Morgan fingerprint density at radius 1 is 1.50 bits per heavy atom. The van der Waals surface area contributed by atoms with E-state index in [1.165, 1.54) is 6.07 Å². The number of likely N-dealkylation sites (tertiary alicyclic amines) is 1. The summed E-state index contributed by atoms with van der Waals surface area (Å²) in [7, 11) is 0. The molecule has 1 aromatic rings. The van der Waals surface area contributed by atoms with E-state index < -0.39 is 6.04 Å². The number of hydrogen-bond acceptors (Lipinski definition) is 3. The molecule has 0 saturated carbocycles. The molecule has 1 saturated heterocycles. The van der Waals surface area contributed by atoms with Gasteiger partial charge in [0.2, 0.25) is 5.91 Å². The van der Waals surface area contributed by atoms with Gasteiger partial charge in [-0.25, -0.2) is 4.39 Å². The van der Waals surface area contributed by atoms with Crippen molar-refractivity contribution >= 4 is 18.5 Å². The third-order valence-corrected chi connectivity index (χ3v) is 3.53. The first-order valence-corrected chi connectivity index (χ1v) is 6.48. The number of aliphatic hydroxyl groups excluding tert-OH is 1. The van der Waals surface area contributed by atoms with Gasteiger partial charge in [0.25, 0.3) is 0 Å². The van der Waals surface area contributed by atoms with Gasteiger partial charge < -0.3 is 10.0 Å². The third kappa shape index (κ3) is 2.67. The number of thiol groups is 1. The van der Waals surface area contributed by atoms with Gasteiger partial charge in [-0.1, -0.05) is 18.2 Å². The van der Waals surface area contributed by atoms with E-state index in [4.69, 9.17) is 5.11 Å². The minimum absolute atomic E-state index is 0.00883. The summed E-state index contributed by atoms with van der Waals surface area (Å²) < 4.78 is 13.8. The summed E-state index contributed by atoms with van der Waals surface area (Å²) in [6, 6.07) is 5.98. The maximum absolute atomic E-state index is 13.8. The molecular weight excluding hydrogens is 253 g/mol. The Morgan fingerprint density at radius 2 is 2.22 bits per heavy atom. The lowest BCUT2D eigenvalue weighted by atomic mass is 10.0. The molecule has 5 heteroatoms. The van der Waals surface area contributed by atoms with Crippen LogP contribution in [0.4, 0.5) is 4.39 Å². The summed E-state index contributed by atoms with van der Waals surface area (Å²) in [6.45, 7) is 0.418. The number of hydrogen-bond donors (Lipinski definition) is 2. The second kappa shape index (κ2) is 5.71. The molecule has 0 spiro atoms. The quantitative estimate of drug-likeness (QED) is 0.818. The monoisotopic (exact) mass is 269 g/mol. The molecule has 1 aromatic carbocycles. The van der Waals surface area contributed by atoms with Crippen molar-refractivity contribution < 1.29 is 14.3 Å². The van der Waals surface area contributed by atoms with E-state index in [1.807, 2.05) is 0 Å². The molecule has 1 heterocycles. The molecule has 1 aliphatic rings. The summed E-state index contributed by atoms with van der Waals surface area (Å²) >= 11 is 4.29. The van der Waals surface area contributed by atoms with Crippen molar-refractivity contribution in [1.82, 2.24) is 4.90 Å². The average molecular weight is 269 g/mol. The van der Waals surface area contributed by atoms with Gasteiger partial charge in [0.1, 0.15) is 5.82 Å². The van der Waals surface area contributed by atoms with Gasteiger partial charge in [-0.2, -0.15) is 12.6 Å². The zero-order valence-corrected chi connectivity index (χ0v) is 10.8. The zero-order valence-electron chi connectivity index (χ0n) is 9.92. The lowest BCUT2D eigenvalue weighted by Gasteiger charge is -2.28. The van der Waals surface area contributed by atoms with Crippen molar-refractivity contribution in [3.63, 3.8) is 0 Å². The lowest BCUT2D eigenvalue weighted by molar-refractivity contribution is -0.130. The van der Waals surface area contributed by atoms with Gasteiger partial charge in [0, 0.05) is 30.4 Å². The van der Waals surface area contributed by atoms with E-state index in [2.05, 4.69) is 12.6 Å².